The van der Waals surface area contributed by atoms with E-state index in [4.69, 9.17) is 20.8 Å². The SMILES string of the molecule is O=C[C@@H]1CCN(CCCOc2cc(Br)ccc2-c2cc(=O)c3cccc(Cl)c3o2)C1. The van der Waals surface area contributed by atoms with Crippen LogP contribution in [0, 0.1) is 5.92 Å². The van der Waals surface area contributed by atoms with Crippen molar-refractivity contribution in [3.8, 4) is 17.1 Å². The molecule has 30 heavy (non-hydrogen) atoms. The van der Waals surface area contributed by atoms with E-state index in [0.717, 1.165) is 43.2 Å². The van der Waals surface area contributed by atoms with Crippen LogP contribution in [0.15, 0.2) is 56.1 Å². The Bertz CT molecular complexity index is 1130. The maximum atomic E-state index is 12.6. The van der Waals surface area contributed by atoms with Crippen molar-refractivity contribution in [3.63, 3.8) is 0 Å². The molecule has 0 bridgehead atoms. The number of hydrogen-bond donors (Lipinski definition) is 0. The summed E-state index contributed by atoms with van der Waals surface area (Å²) in [5.74, 6) is 1.20. The molecule has 1 atom stereocenters. The number of fused-ring (bicyclic) bond motifs is 1. The molecule has 0 N–H and O–H groups in total. The fraction of sp³-hybridized carbons (Fsp3) is 0.304. The van der Waals surface area contributed by atoms with Crippen molar-refractivity contribution in [2.45, 2.75) is 12.8 Å². The van der Waals surface area contributed by atoms with Crippen molar-refractivity contribution >= 4 is 44.8 Å². The van der Waals surface area contributed by atoms with Crippen molar-refractivity contribution in [1.29, 1.82) is 0 Å². The summed E-state index contributed by atoms with van der Waals surface area (Å²) in [5.41, 5.74) is 0.912. The zero-order valence-corrected chi connectivity index (χ0v) is 18.6. The summed E-state index contributed by atoms with van der Waals surface area (Å²) in [5, 5.41) is 0.843. The Balaban J connectivity index is 1.53. The van der Waals surface area contributed by atoms with Gasteiger partial charge in [-0.25, -0.2) is 0 Å². The highest BCUT2D eigenvalue weighted by molar-refractivity contribution is 9.10. The van der Waals surface area contributed by atoms with Crippen molar-refractivity contribution in [1.82, 2.24) is 4.90 Å². The summed E-state index contributed by atoms with van der Waals surface area (Å²) in [6, 6.07) is 12.2. The lowest BCUT2D eigenvalue weighted by atomic mass is 10.1. The quantitative estimate of drug-likeness (QED) is 0.338. The molecule has 1 aromatic heterocycles. The molecule has 1 aliphatic rings. The highest BCUT2D eigenvalue weighted by Gasteiger charge is 2.21. The molecular formula is C23H21BrClNO4. The number of likely N-dealkylation sites (tertiary alicyclic amines) is 1. The molecule has 156 valence electrons. The first-order chi connectivity index (χ1) is 14.5. The molecule has 0 radical (unpaired) electrons. The summed E-state index contributed by atoms with van der Waals surface area (Å²) in [6.07, 6.45) is 2.82. The molecule has 0 aliphatic carbocycles. The number of rotatable bonds is 7. The molecule has 3 aromatic rings. The minimum Gasteiger partial charge on any atom is -0.493 e. The van der Waals surface area contributed by atoms with Gasteiger partial charge in [-0.1, -0.05) is 33.6 Å². The zero-order chi connectivity index (χ0) is 21.1. The van der Waals surface area contributed by atoms with Gasteiger partial charge in [-0.3, -0.25) is 4.79 Å². The Labute approximate surface area is 187 Å². The predicted octanol–water partition coefficient (Wildman–Crippen LogP) is 5.17. The molecule has 2 heterocycles. The first kappa shape index (κ1) is 21.1. The molecule has 0 saturated carbocycles. The van der Waals surface area contributed by atoms with Crippen LogP contribution in [-0.2, 0) is 4.79 Å². The van der Waals surface area contributed by atoms with E-state index in [1.54, 1.807) is 18.2 Å². The lowest BCUT2D eigenvalue weighted by molar-refractivity contribution is -0.110. The van der Waals surface area contributed by atoms with Crippen LogP contribution in [0.5, 0.6) is 5.75 Å². The Kier molecular flexibility index (Phi) is 6.56. The van der Waals surface area contributed by atoms with Gasteiger partial charge < -0.3 is 18.8 Å². The number of carbonyl (C=O) groups excluding carboxylic acids is 1. The van der Waals surface area contributed by atoms with Gasteiger partial charge >= 0.3 is 0 Å². The summed E-state index contributed by atoms with van der Waals surface area (Å²) in [6.45, 7) is 3.18. The molecule has 1 aliphatic heterocycles. The fourth-order valence-electron chi connectivity index (χ4n) is 3.74. The fourth-order valence-corrected chi connectivity index (χ4v) is 4.29. The lowest BCUT2D eigenvalue weighted by Crippen LogP contribution is -2.23. The van der Waals surface area contributed by atoms with Crippen LogP contribution in [0.1, 0.15) is 12.8 Å². The van der Waals surface area contributed by atoms with Crippen LogP contribution in [0.4, 0.5) is 0 Å². The molecule has 4 rings (SSSR count). The Morgan fingerprint density at radius 2 is 2.13 bits per heavy atom. The van der Waals surface area contributed by atoms with E-state index in [-0.39, 0.29) is 11.3 Å². The Morgan fingerprint density at radius 1 is 1.27 bits per heavy atom. The number of ether oxygens (including phenoxy) is 1. The van der Waals surface area contributed by atoms with E-state index < -0.39 is 0 Å². The van der Waals surface area contributed by atoms with E-state index in [1.165, 1.54) is 6.07 Å². The third-order valence-electron chi connectivity index (χ3n) is 5.29. The third-order valence-corrected chi connectivity index (χ3v) is 6.08. The minimum atomic E-state index is -0.151. The number of aldehydes is 1. The number of carbonyl (C=O) groups is 1. The molecule has 0 unspecified atom stereocenters. The van der Waals surface area contributed by atoms with E-state index in [2.05, 4.69) is 20.8 Å². The molecule has 0 spiro atoms. The van der Waals surface area contributed by atoms with Crippen LogP contribution >= 0.6 is 27.5 Å². The molecule has 1 saturated heterocycles. The Hall–Kier alpha value is -2.15. The van der Waals surface area contributed by atoms with Crippen LogP contribution in [-0.4, -0.2) is 37.4 Å². The van der Waals surface area contributed by atoms with Gasteiger partial charge in [0.15, 0.2) is 11.0 Å². The minimum absolute atomic E-state index is 0.151. The second-order valence-electron chi connectivity index (χ2n) is 7.42. The average molecular weight is 491 g/mol. The second kappa shape index (κ2) is 9.33. The molecule has 2 aromatic carbocycles. The van der Waals surface area contributed by atoms with Crippen LogP contribution < -0.4 is 10.2 Å². The summed E-state index contributed by atoms with van der Waals surface area (Å²) in [4.78, 5) is 25.8. The van der Waals surface area contributed by atoms with Gasteiger partial charge in [-0.2, -0.15) is 0 Å². The maximum Gasteiger partial charge on any atom is 0.193 e. The van der Waals surface area contributed by atoms with Gasteiger partial charge in [0.2, 0.25) is 0 Å². The predicted molar refractivity (Wildman–Crippen MR) is 121 cm³/mol. The summed E-state index contributed by atoms with van der Waals surface area (Å²) < 4.78 is 12.9. The van der Waals surface area contributed by atoms with E-state index in [9.17, 15) is 9.59 Å². The van der Waals surface area contributed by atoms with Crippen LogP contribution in [0.2, 0.25) is 5.02 Å². The number of benzene rings is 2. The highest BCUT2D eigenvalue weighted by Crippen LogP contribution is 2.34. The van der Waals surface area contributed by atoms with E-state index in [0.29, 0.717) is 39.7 Å². The van der Waals surface area contributed by atoms with E-state index in [1.807, 2.05) is 18.2 Å². The number of nitrogens with zero attached hydrogens (tertiary/aromatic N) is 1. The smallest absolute Gasteiger partial charge is 0.193 e. The van der Waals surface area contributed by atoms with Gasteiger partial charge in [0.25, 0.3) is 0 Å². The second-order valence-corrected chi connectivity index (χ2v) is 8.74. The maximum absolute atomic E-state index is 12.6. The first-order valence-corrected chi connectivity index (χ1v) is 11.0. The summed E-state index contributed by atoms with van der Waals surface area (Å²) >= 11 is 9.72. The third kappa shape index (κ3) is 4.61. The molecular weight excluding hydrogens is 470 g/mol. The van der Waals surface area contributed by atoms with Crippen LogP contribution in [0.25, 0.3) is 22.3 Å². The van der Waals surface area contributed by atoms with E-state index >= 15 is 0 Å². The Morgan fingerprint density at radius 3 is 2.93 bits per heavy atom. The van der Waals surface area contributed by atoms with Crippen molar-refractivity contribution in [2.75, 3.05) is 26.2 Å². The van der Waals surface area contributed by atoms with Gasteiger partial charge in [-0.15, -0.1) is 0 Å². The molecule has 0 amide bonds. The van der Waals surface area contributed by atoms with Gasteiger partial charge in [0, 0.05) is 29.5 Å². The van der Waals surface area contributed by atoms with Gasteiger partial charge in [-0.05, 0) is 49.7 Å². The number of para-hydroxylation sites is 1. The number of hydrogen-bond acceptors (Lipinski definition) is 5. The molecule has 5 nitrogen and oxygen atoms in total. The normalized spacial score (nSPS) is 16.8. The van der Waals surface area contributed by atoms with Crippen LogP contribution in [0.3, 0.4) is 0 Å². The van der Waals surface area contributed by atoms with Crippen molar-refractivity contribution in [2.24, 2.45) is 5.92 Å². The highest BCUT2D eigenvalue weighted by atomic mass is 79.9. The average Bonchev–Trinajstić information content (AvgIpc) is 3.20. The standard InChI is InChI=1S/C23H21BrClNO4/c24-16-5-6-18(22-12-20(28)17-3-1-4-19(25)23(17)30-22)21(11-16)29-10-2-8-26-9-7-15(13-26)14-27/h1,3-6,11-12,14-15H,2,7-10,13H2/t15-/m1/s1. The monoisotopic (exact) mass is 489 g/mol. The zero-order valence-electron chi connectivity index (χ0n) is 16.3. The largest absolute Gasteiger partial charge is 0.493 e. The van der Waals surface area contributed by atoms with Crippen molar-refractivity contribution < 1.29 is 13.9 Å². The lowest BCUT2D eigenvalue weighted by Gasteiger charge is -2.16. The van der Waals surface area contributed by atoms with Gasteiger partial charge in [0.05, 0.1) is 22.6 Å². The first-order valence-electron chi connectivity index (χ1n) is 9.88. The van der Waals surface area contributed by atoms with Gasteiger partial charge in [0.1, 0.15) is 17.8 Å². The topological polar surface area (TPSA) is 59.8 Å². The number of halogens is 2. The molecule has 7 heteroatoms. The molecule has 1 fully saturated rings. The summed E-state index contributed by atoms with van der Waals surface area (Å²) in [7, 11) is 0. The van der Waals surface area contributed by atoms with Crippen molar-refractivity contribution in [3.05, 3.63) is 62.2 Å².